The van der Waals surface area contributed by atoms with Gasteiger partial charge in [0.1, 0.15) is 6.61 Å². The summed E-state index contributed by atoms with van der Waals surface area (Å²) < 4.78 is 15.2. The van der Waals surface area contributed by atoms with Crippen LogP contribution in [-0.4, -0.2) is 44.6 Å². The van der Waals surface area contributed by atoms with E-state index in [0.29, 0.717) is 12.6 Å². The number of carbonyl (C=O) groups is 1. The van der Waals surface area contributed by atoms with Crippen LogP contribution in [0.1, 0.15) is 18.4 Å². The molecule has 0 radical (unpaired) electrons. The predicted octanol–water partition coefficient (Wildman–Crippen LogP) is 0.867. The van der Waals surface area contributed by atoms with Crippen LogP contribution in [0, 0.1) is 0 Å². The summed E-state index contributed by atoms with van der Waals surface area (Å²) in [6.07, 6.45) is 1.48. The molecular weight excluding hydrogens is 348 g/mol. The third-order valence-electron chi connectivity index (χ3n) is 3.69. The number of halogens is 1. The highest BCUT2D eigenvalue weighted by atomic mass is 35.5. The molecule has 2 saturated heterocycles. The van der Waals surface area contributed by atoms with Gasteiger partial charge in [0.15, 0.2) is 0 Å². The molecule has 0 aromatic heterocycles. The lowest BCUT2D eigenvalue weighted by atomic mass is 10.2. The minimum atomic E-state index is -0.472. The minimum Gasteiger partial charge on any atom is -0.444 e. The summed E-state index contributed by atoms with van der Waals surface area (Å²) in [6.45, 7) is 3.26. The lowest BCUT2D eigenvalue weighted by Crippen LogP contribution is -2.44. The maximum absolute atomic E-state index is 11.3. The topological polar surface area (TPSA) is 107 Å². The number of benzene rings is 1. The van der Waals surface area contributed by atoms with E-state index < -0.39 is 6.09 Å². The maximum Gasteiger partial charge on any atom is 0.421 e. The quantitative estimate of drug-likeness (QED) is 0.447. The number of hydrogen-bond acceptors (Lipinski definition) is 7. The molecule has 142 valence electrons. The van der Waals surface area contributed by atoms with Gasteiger partial charge < -0.3 is 14.2 Å². The van der Waals surface area contributed by atoms with Gasteiger partial charge in [0.2, 0.25) is 0 Å². The fraction of sp³-hybridized carbons (Fsp3) is 0.562. The molecule has 25 heavy (non-hydrogen) atoms. The standard InChI is InChI=1S/C12H16N2O3.C4H10N2O.ClH/c15-12(14-13-11-6-7-16-9-11)17-8-10-4-2-1-3-5-10;5-6-4-1-2-7-3-4;/h1-5,11,13H,6-9H2,(H,14,15);4,6H,1-3,5H2;1H/t11-;4-;/m11./s1. The Hall–Kier alpha value is -1.42. The second-order valence-corrected chi connectivity index (χ2v) is 5.62. The van der Waals surface area contributed by atoms with E-state index in [0.717, 1.165) is 38.2 Å². The van der Waals surface area contributed by atoms with Crippen LogP contribution in [-0.2, 0) is 20.8 Å². The van der Waals surface area contributed by atoms with Gasteiger partial charge >= 0.3 is 6.09 Å². The number of ether oxygens (including phenoxy) is 3. The lowest BCUT2D eigenvalue weighted by Gasteiger charge is -2.12. The molecule has 0 spiro atoms. The van der Waals surface area contributed by atoms with Crippen molar-refractivity contribution in [3.8, 4) is 0 Å². The zero-order valence-corrected chi connectivity index (χ0v) is 14.9. The van der Waals surface area contributed by atoms with Crippen LogP contribution in [0.5, 0.6) is 0 Å². The van der Waals surface area contributed by atoms with Crippen LogP contribution in [0.25, 0.3) is 0 Å². The number of amides is 1. The summed E-state index contributed by atoms with van der Waals surface area (Å²) in [6, 6.07) is 10.1. The molecule has 1 aromatic rings. The molecule has 8 nitrogen and oxygen atoms in total. The Balaban J connectivity index is 0.000000330. The molecule has 2 heterocycles. The van der Waals surface area contributed by atoms with E-state index >= 15 is 0 Å². The Morgan fingerprint density at radius 3 is 2.28 bits per heavy atom. The van der Waals surface area contributed by atoms with Gasteiger partial charge in [0.25, 0.3) is 0 Å². The van der Waals surface area contributed by atoms with Crippen molar-refractivity contribution in [2.75, 3.05) is 26.4 Å². The van der Waals surface area contributed by atoms with Crippen molar-refractivity contribution in [1.29, 1.82) is 0 Å². The van der Waals surface area contributed by atoms with Crippen molar-refractivity contribution >= 4 is 18.5 Å². The first kappa shape index (κ1) is 21.6. The van der Waals surface area contributed by atoms with Crippen molar-refractivity contribution < 1.29 is 19.0 Å². The van der Waals surface area contributed by atoms with E-state index in [1.807, 2.05) is 30.3 Å². The summed E-state index contributed by atoms with van der Waals surface area (Å²) in [5.74, 6) is 5.10. The van der Waals surface area contributed by atoms with Crippen LogP contribution < -0.4 is 22.1 Å². The summed E-state index contributed by atoms with van der Waals surface area (Å²) in [5.41, 5.74) is 8.98. The maximum atomic E-state index is 11.3. The van der Waals surface area contributed by atoms with E-state index in [1.54, 1.807) is 0 Å². The largest absolute Gasteiger partial charge is 0.444 e. The van der Waals surface area contributed by atoms with Crippen LogP contribution in [0.15, 0.2) is 30.3 Å². The first-order valence-corrected chi connectivity index (χ1v) is 8.11. The summed E-state index contributed by atoms with van der Waals surface area (Å²) in [5, 5.41) is 0. The molecular formula is C16H27ClN4O4. The molecule has 0 bridgehead atoms. The van der Waals surface area contributed by atoms with Crippen molar-refractivity contribution in [2.45, 2.75) is 31.5 Å². The summed E-state index contributed by atoms with van der Waals surface area (Å²) in [7, 11) is 0. The zero-order chi connectivity index (χ0) is 17.0. The molecule has 3 rings (SSSR count). The fourth-order valence-corrected chi connectivity index (χ4v) is 2.23. The first-order valence-electron chi connectivity index (χ1n) is 8.11. The Labute approximate surface area is 154 Å². The minimum absolute atomic E-state index is 0. The molecule has 2 aliphatic rings. The average molecular weight is 375 g/mol. The van der Waals surface area contributed by atoms with Crippen molar-refractivity contribution in [2.24, 2.45) is 5.84 Å². The smallest absolute Gasteiger partial charge is 0.421 e. The van der Waals surface area contributed by atoms with Gasteiger partial charge in [0, 0.05) is 19.3 Å². The van der Waals surface area contributed by atoms with Crippen LogP contribution >= 0.6 is 12.4 Å². The molecule has 2 aliphatic heterocycles. The highest BCUT2D eigenvalue weighted by Crippen LogP contribution is 2.03. The van der Waals surface area contributed by atoms with Crippen LogP contribution in [0.3, 0.4) is 0 Å². The summed E-state index contributed by atoms with van der Waals surface area (Å²) >= 11 is 0. The third kappa shape index (κ3) is 9.01. The third-order valence-corrected chi connectivity index (χ3v) is 3.69. The van der Waals surface area contributed by atoms with E-state index in [1.165, 1.54) is 0 Å². The molecule has 9 heteroatoms. The average Bonchev–Trinajstić information content (AvgIpc) is 3.33. The van der Waals surface area contributed by atoms with Gasteiger partial charge in [-0.3, -0.25) is 16.7 Å². The summed E-state index contributed by atoms with van der Waals surface area (Å²) in [4.78, 5) is 11.3. The molecule has 0 aliphatic carbocycles. The second kappa shape index (κ2) is 12.9. The van der Waals surface area contributed by atoms with Crippen LogP contribution in [0.2, 0.25) is 0 Å². The van der Waals surface area contributed by atoms with E-state index in [-0.39, 0.29) is 25.1 Å². The van der Waals surface area contributed by atoms with Gasteiger partial charge in [0.05, 0.1) is 19.3 Å². The predicted molar refractivity (Wildman–Crippen MR) is 95.9 cm³/mol. The SMILES string of the molecule is Cl.NN[C@@H]1CCOC1.O=C(NN[C@@H]1CCOC1)OCc1ccccc1. The number of nitrogens with one attached hydrogen (secondary N) is 3. The van der Waals surface area contributed by atoms with Crippen molar-refractivity contribution in [3.05, 3.63) is 35.9 Å². The molecule has 2 atom stereocenters. The van der Waals surface area contributed by atoms with E-state index in [4.69, 9.17) is 20.1 Å². The highest BCUT2D eigenvalue weighted by Gasteiger charge is 2.15. The van der Waals surface area contributed by atoms with Gasteiger partial charge in [-0.05, 0) is 18.4 Å². The monoisotopic (exact) mass is 374 g/mol. The molecule has 2 fully saturated rings. The Morgan fingerprint density at radius 1 is 1.12 bits per heavy atom. The second-order valence-electron chi connectivity index (χ2n) is 5.62. The van der Waals surface area contributed by atoms with E-state index in [9.17, 15) is 4.79 Å². The van der Waals surface area contributed by atoms with Gasteiger partial charge in [-0.1, -0.05) is 30.3 Å². The first-order chi connectivity index (χ1) is 11.8. The number of rotatable bonds is 5. The number of hydrazine groups is 2. The number of carbonyl (C=O) groups excluding carboxylic acids is 1. The highest BCUT2D eigenvalue weighted by molar-refractivity contribution is 5.85. The number of hydrogen-bond donors (Lipinski definition) is 4. The molecule has 1 aromatic carbocycles. The molecule has 5 N–H and O–H groups in total. The van der Waals surface area contributed by atoms with Gasteiger partial charge in [-0.15, -0.1) is 12.4 Å². The van der Waals surface area contributed by atoms with Gasteiger partial charge in [-0.2, -0.15) is 0 Å². The molecule has 1 amide bonds. The van der Waals surface area contributed by atoms with Gasteiger partial charge in [-0.25, -0.2) is 10.2 Å². The molecule has 0 unspecified atom stereocenters. The normalized spacial score (nSPS) is 21.6. The Kier molecular flexibility index (Phi) is 11.1. The Morgan fingerprint density at radius 2 is 1.76 bits per heavy atom. The molecule has 0 saturated carbocycles. The lowest BCUT2D eigenvalue weighted by molar-refractivity contribution is 0.131. The fourth-order valence-electron chi connectivity index (χ4n) is 2.23. The Bertz CT molecular complexity index is 468. The van der Waals surface area contributed by atoms with Crippen molar-refractivity contribution in [3.63, 3.8) is 0 Å². The van der Waals surface area contributed by atoms with Crippen LogP contribution in [0.4, 0.5) is 4.79 Å². The van der Waals surface area contributed by atoms with Crippen molar-refractivity contribution in [1.82, 2.24) is 16.3 Å². The zero-order valence-electron chi connectivity index (χ0n) is 14.1. The number of nitrogens with two attached hydrogens (primary N) is 1. The van der Waals surface area contributed by atoms with E-state index in [2.05, 4.69) is 16.3 Å².